The monoisotopic (exact) mass is 349 g/mol. The van der Waals surface area contributed by atoms with Crippen molar-refractivity contribution >= 4 is 0 Å². The van der Waals surface area contributed by atoms with E-state index in [2.05, 4.69) is 44.7 Å². The molecule has 0 fully saturated rings. The average molecular weight is 350 g/mol. The Balaban J connectivity index is 2.88. The minimum Gasteiger partial charge on any atom is -0.383 e. The number of rotatable bonds is 10. The summed E-state index contributed by atoms with van der Waals surface area (Å²) in [4.78, 5) is 2.26. The maximum Gasteiger partial charge on any atom is 0.216 e. The Bertz CT molecular complexity index is 529. The fourth-order valence-electron chi connectivity index (χ4n) is 2.73. The number of aliphatic hydroxyl groups is 2. The van der Waals surface area contributed by atoms with Gasteiger partial charge < -0.3 is 19.8 Å². The van der Waals surface area contributed by atoms with Gasteiger partial charge in [-0.05, 0) is 45.4 Å². The molecule has 4 nitrogen and oxygen atoms in total. The first-order valence-corrected chi connectivity index (χ1v) is 9.24. The number of hydrogen-bond acceptors (Lipinski definition) is 4. The van der Waals surface area contributed by atoms with Crippen LogP contribution in [0.2, 0.25) is 0 Å². The third kappa shape index (κ3) is 7.18. The van der Waals surface area contributed by atoms with E-state index in [0.29, 0.717) is 0 Å². The first-order valence-electron chi connectivity index (χ1n) is 9.24. The molecule has 25 heavy (non-hydrogen) atoms. The van der Waals surface area contributed by atoms with E-state index in [0.717, 1.165) is 25.2 Å². The van der Waals surface area contributed by atoms with Crippen LogP contribution in [0, 0.1) is 0 Å². The summed E-state index contributed by atoms with van der Waals surface area (Å²) in [6.45, 7) is 10.2. The molecule has 0 spiro atoms. The van der Waals surface area contributed by atoms with Gasteiger partial charge in [0.25, 0.3) is 0 Å². The zero-order valence-corrected chi connectivity index (χ0v) is 16.5. The van der Waals surface area contributed by atoms with Crippen LogP contribution in [0.3, 0.4) is 0 Å². The summed E-state index contributed by atoms with van der Waals surface area (Å²) in [7, 11) is 1.39. The molecule has 0 aromatic carbocycles. The van der Waals surface area contributed by atoms with Gasteiger partial charge in [-0.3, -0.25) is 0 Å². The molecule has 0 aromatic rings. The topological polar surface area (TPSA) is 52.9 Å². The summed E-state index contributed by atoms with van der Waals surface area (Å²) in [5, 5.41) is 20.4. The highest BCUT2D eigenvalue weighted by atomic mass is 16.6. The van der Waals surface area contributed by atoms with Crippen LogP contribution in [-0.2, 0) is 4.74 Å². The predicted octanol–water partition coefficient (Wildman–Crippen LogP) is 3.93. The first-order chi connectivity index (χ1) is 11.8. The zero-order valence-electron chi connectivity index (χ0n) is 16.5. The van der Waals surface area contributed by atoms with Crippen molar-refractivity contribution in [3.63, 3.8) is 0 Å². The maximum absolute atomic E-state index is 10.2. The molecule has 0 amide bonds. The molecule has 2 atom stereocenters. The molecule has 4 heteroatoms. The normalized spacial score (nSPS) is 23.4. The van der Waals surface area contributed by atoms with Crippen LogP contribution in [0.4, 0.5) is 0 Å². The van der Waals surface area contributed by atoms with Gasteiger partial charge in [-0.25, -0.2) is 0 Å². The first kappa shape index (κ1) is 21.7. The largest absolute Gasteiger partial charge is 0.383 e. The van der Waals surface area contributed by atoms with Crippen molar-refractivity contribution in [2.24, 2.45) is 0 Å². The minimum atomic E-state index is -1.63. The second kappa shape index (κ2) is 10.6. The molecule has 142 valence electrons. The molecule has 0 aliphatic heterocycles. The molecule has 0 saturated heterocycles. The molecular weight excluding hydrogens is 314 g/mol. The number of methoxy groups -OCH3 is 1. The number of unbranched alkanes of at least 4 members (excludes halogenated alkanes) is 3. The van der Waals surface area contributed by atoms with Crippen LogP contribution in [0.25, 0.3) is 0 Å². The lowest BCUT2D eigenvalue weighted by molar-refractivity contribution is -0.196. The Labute approximate surface area is 153 Å². The van der Waals surface area contributed by atoms with E-state index in [1.807, 2.05) is 6.08 Å². The van der Waals surface area contributed by atoms with Gasteiger partial charge >= 0.3 is 0 Å². The second-order valence-corrected chi connectivity index (χ2v) is 7.06. The summed E-state index contributed by atoms with van der Waals surface area (Å²) in [6, 6.07) is 0. The smallest absolute Gasteiger partial charge is 0.216 e. The minimum absolute atomic E-state index is 0.796. The van der Waals surface area contributed by atoms with Crippen LogP contribution < -0.4 is 0 Å². The number of aliphatic hydroxyl groups excluding tert-OH is 1. The fourth-order valence-corrected chi connectivity index (χ4v) is 2.73. The summed E-state index contributed by atoms with van der Waals surface area (Å²) < 4.78 is 5.01. The third-order valence-electron chi connectivity index (χ3n) is 4.36. The van der Waals surface area contributed by atoms with Crippen LogP contribution in [0.5, 0.6) is 0 Å². The van der Waals surface area contributed by atoms with Crippen molar-refractivity contribution in [2.45, 2.75) is 65.3 Å². The number of allylic oxidation sites excluding steroid dienone is 4. The molecule has 1 aliphatic rings. The third-order valence-corrected chi connectivity index (χ3v) is 4.36. The van der Waals surface area contributed by atoms with Gasteiger partial charge in [0.1, 0.15) is 6.10 Å². The molecular formula is C21H35NO3. The number of hydrogen-bond donors (Lipinski definition) is 2. The molecule has 2 unspecified atom stereocenters. The quantitative estimate of drug-likeness (QED) is 0.356. The molecule has 1 rings (SSSR count). The molecule has 1 aliphatic carbocycles. The summed E-state index contributed by atoms with van der Waals surface area (Å²) in [6.07, 6.45) is 13.0. The number of ether oxygens (including phenoxy) is 1. The van der Waals surface area contributed by atoms with Crippen molar-refractivity contribution in [1.82, 2.24) is 4.90 Å². The molecule has 0 saturated carbocycles. The predicted molar refractivity (Wildman–Crippen MR) is 104 cm³/mol. The van der Waals surface area contributed by atoms with Crippen molar-refractivity contribution in [3.05, 3.63) is 47.2 Å². The lowest BCUT2D eigenvalue weighted by Gasteiger charge is -2.34. The van der Waals surface area contributed by atoms with Gasteiger partial charge in [-0.15, -0.1) is 0 Å². The van der Waals surface area contributed by atoms with Crippen LogP contribution in [0.15, 0.2) is 47.2 Å². The van der Waals surface area contributed by atoms with Crippen LogP contribution in [-0.4, -0.2) is 47.2 Å². The Hall–Kier alpha value is -1.36. The molecule has 0 radical (unpaired) electrons. The van der Waals surface area contributed by atoms with Crippen molar-refractivity contribution in [1.29, 1.82) is 0 Å². The Morgan fingerprint density at radius 2 is 1.96 bits per heavy atom. The SMILES string of the molecule is CCCCCCN(C/C(C)=C/C=C(C)C)C1=CC(O)C(O)(OC)C=C1. The van der Waals surface area contributed by atoms with Crippen LogP contribution >= 0.6 is 0 Å². The highest BCUT2D eigenvalue weighted by Gasteiger charge is 2.34. The zero-order chi connectivity index (χ0) is 18.9. The highest BCUT2D eigenvalue weighted by Crippen LogP contribution is 2.25. The van der Waals surface area contributed by atoms with E-state index in [1.54, 1.807) is 6.08 Å². The van der Waals surface area contributed by atoms with E-state index in [4.69, 9.17) is 4.74 Å². The summed E-state index contributed by atoms with van der Waals surface area (Å²) >= 11 is 0. The Morgan fingerprint density at radius 1 is 1.24 bits per heavy atom. The van der Waals surface area contributed by atoms with E-state index < -0.39 is 11.9 Å². The van der Waals surface area contributed by atoms with Gasteiger partial charge in [0.15, 0.2) is 0 Å². The van der Waals surface area contributed by atoms with E-state index >= 15 is 0 Å². The number of nitrogens with zero attached hydrogens (tertiary/aromatic N) is 1. The molecule has 0 heterocycles. The van der Waals surface area contributed by atoms with Crippen molar-refractivity contribution in [2.75, 3.05) is 20.2 Å². The van der Waals surface area contributed by atoms with Gasteiger partial charge in [0.2, 0.25) is 5.79 Å². The van der Waals surface area contributed by atoms with Gasteiger partial charge in [0.05, 0.1) is 0 Å². The summed E-state index contributed by atoms with van der Waals surface area (Å²) in [5.74, 6) is -1.63. The Morgan fingerprint density at radius 3 is 2.52 bits per heavy atom. The van der Waals surface area contributed by atoms with Gasteiger partial charge in [-0.1, -0.05) is 49.5 Å². The lowest BCUT2D eigenvalue weighted by Crippen LogP contribution is -2.44. The van der Waals surface area contributed by atoms with Gasteiger partial charge in [-0.2, -0.15) is 0 Å². The van der Waals surface area contributed by atoms with E-state index in [-0.39, 0.29) is 0 Å². The van der Waals surface area contributed by atoms with Crippen molar-refractivity contribution < 1.29 is 14.9 Å². The second-order valence-electron chi connectivity index (χ2n) is 7.06. The maximum atomic E-state index is 10.2. The average Bonchev–Trinajstić information content (AvgIpc) is 2.58. The van der Waals surface area contributed by atoms with E-state index in [1.165, 1.54) is 43.6 Å². The van der Waals surface area contributed by atoms with Crippen molar-refractivity contribution in [3.8, 4) is 0 Å². The summed E-state index contributed by atoms with van der Waals surface area (Å²) in [5.41, 5.74) is 3.45. The standard InChI is InChI=1S/C21H35NO3/c1-6-7-8-9-14-22(16-18(4)11-10-17(2)3)19-12-13-21(24,25-5)20(23)15-19/h10-13,15,20,23-24H,6-9,14,16H2,1-5H3/b18-11+. The molecule has 0 aromatic heterocycles. The van der Waals surface area contributed by atoms with E-state index in [9.17, 15) is 10.2 Å². The molecule has 2 N–H and O–H groups in total. The lowest BCUT2D eigenvalue weighted by atomic mass is 10.0. The Kier molecular flexibility index (Phi) is 9.19. The highest BCUT2D eigenvalue weighted by molar-refractivity contribution is 5.30. The fraction of sp³-hybridized carbons (Fsp3) is 0.619. The van der Waals surface area contributed by atoms with Crippen LogP contribution in [0.1, 0.15) is 53.4 Å². The van der Waals surface area contributed by atoms with Gasteiger partial charge in [0, 0.05) is 25.9 Å². The molecule has 0 bridgehead atoms.